The fraction of sp³-hybridized carbons (Fsp3) is 0.442. The third kappa shape index (κ3) is 27.4. The fourth-order valence-corrected chi connectivity index (χ4v) is 16.4. The average molecular weight is 1640 g/mol. The molecule has 6 aliphatic heterocycles. The van der Waals surface area contributed by atoms with Gasteiger partial charge >= 0.3 is 38.0 Å². The molecule has 28 heteroatoms. The first kappa shape index (κ1) is 89.5. The van der Waals surface area contributed by atoms with Gasteiger partial charge in [0.25, 0.3) is 0 Å². The van der Waals surface area contributed by atoms with E-state index in [9.17, 15) is 38.8 Å². The first-order chi connectivity index (χ1) is 54.9. The summed E-state index contributed by atoms with van der Waals surface area (Å²) in [6.45, 7) is 14.9. The Morgan fingerprint density at radius 1 is 0.377 bits per heavy atom. The van der Waals surface area contributed by atoms with E-state index in [4.69, 9.17) is 76.8 Å². The summed E-state index contributed by atoms with van der Waals surface area (Å²) in [5.74, 6) is 1.26. The molecule has 0 saturated carbocycles. The molecule has 6 N–H and O–H groups in total. The van der Waals surface area contributed by atoms with E-state index in [-0.39, 0.29) is 71.2 Å². The lowest BCUT2D eigenvalue weighted by molar-refractivity contribution is -0.139. The van der Waals surface area contributed by atoms with Crippen LogP contribution in [0.25, 0.3) is 22.3 Å². The number of carbonyl (C=O) groups excluding carboxylic acids is 6. The van der Waals surface area contributed by atoms with Crippen molar-refractivity contribution < 1.29 is 57.8 Å². The maximum absolute atomic E-state index is 13.3. The molecule has 6 aromatic rings. The Kier molecular flexibility index (Phi) is 35.5. The molecule has 2 aromatic heterocycles. The minimum Gasteiger partial charge on any atom is -0.466 e. The van der Waals surface area contributed by atoms with Gasteiger partial charge in [-0.2, -0.15) is 0 Å². The van der Waals surface area contributed by atoms with Crippen LogP contribution in [0.1, 0.15) is 110 Å². The summed E-state index contributed by atoms with van der Waals surface area (Å²) < 4.78 is 19.3. The largest absolute Gasteiger partial charge is 0.466 e. The first-order valence-corrected chi connectivity index (χ1v) is 40.9. The van der Waals surface area contributed by atoms with Gasteiger partial charge in [0.2, 0.25) is 11.8 Å². The highest BCUT2D eigenvalue weighted by Crippen LogP contribution is 2.39. The molecule has 12 rings (SSSR count). The number of nitrogen functional groups attached to an aromatic ring is 2. The Labute approximate surface area is 692 Å². The summed E-state index contributed by atoms with van der Waals surface area (Å²) in [5.41, 5.74) is 21.7. The molecule has 6 fully saturated rings. The molecule has 2 amide bonds. The van der Waals surface area contributed by atoms with Gasteiger partial charge in [0.05, 0.1) is 28.4 Å². The summed E-state index contributed by atoms with van der Waals surface area (Å²) in [7, 11) is 4.69. The van der Waals surface area contributed by atoms with Crippen LogP contribution in [-0.2, 0) is 60.8 Å². The Morgan fingerprint density at radius 3 is 0.825 bits per heavy atom. The van der Waals surface area contributed by atoms with Gasteiger partial charge in [0.1, 0.15) is 11.6 Å². The molecule has 0 bridgehead atoms. The Bertz CT molecular complexity index is 3970. The maximum atomic E-state index is 13.3. The average Bonchev–Trinajstić information content (AvgIpc) is 0.800. The van der Waals surface area contributed by atoms with Gasteiger partial charge in [-0.3, -0.25) is 19.4 Å². The predicted octanol–water partition coefficient (Wildman–Crippen LogP) is 13.5. The number of allylic oxidation sites excluding steroid dienone is 4. The van der Waals surface area contributed by atoms with Gasteiger partial charge in [0, 0.05) is 108 Å². The molecule has 22 nitrogen and oxygen atoms in total. The van der Waals surface area contributed by atoms with Crippen molar-refractivity contribution in [1.29, 1.82) is 0 Å². The molecular weight excluding hydrogens is 1530 g/mol. The van der Waals surface area contributed by atoms with E-state index in [0.717, 1.165) is 198 Å². The number of anilines is 2. The summed E-state index contributed by atoms with van der Waals surface area (Å²) in [6.07, 6.45) is 20.2. The zero-order valence-electron chi connectivity index (χ0n) is 66.2. The van der Waals surface area contributed by atoms with E-state index in [1.165, 1.54) is 28.4 Å². The number of pyridine rings is 2. The number of benzene rings is 4. The normalized spacial score (nSPS) is 18.0. The van der Waals surface area contributed by atoms with Crippen molar-refractivity contribution in [3.05, 3.63) is 211 Å². The number of methoxy groups -OCH3 is 4. The number of esters is 4. The highest BCUT2D eigenvalue weighted by Gasteiger charge is 2.36. The van der Waals surface area contributed by atoms with Gasteiger partial charge in [-0.05, 0) is 295 Å². The van der Waals surface area contributed by atoms with E-state index >= 15 is 0 Å². The first-order valence-electron chi connectivity index (χ1n) is 39.4. The smallest absolute Gasteiger partial charge is 0.376 e. The monoisotopic (exact) mass is 1630 g/mol. The number of rotatable bonds is 20. The zero-order valence-corrected chi connectivity index (χ0v) is 69.3. The number of amides is 2. The van der Waals surface area contributed by atoms with Gasteiger partial charge in [-0.1, -0.05) is 94.9 Å². The lowest BCUT2D eigenvalue weighted by atomic mass is 9.78. The predicted molar refractivity (Wildman–Crippen MR) is 454 cm³/mol. The molecule has 6 aliphatic rings. The summed E-state index contributed by atoms with van der Waals surface area (Å²) in [4.78, 5) is 94.9. The number of hydrogen-bond donors (Lipinski definition) is 4. The van der Waals surface area contributed by atoms with Crippen molar-refractivity contribution in [2.75, 3.05) is 118 Å². The van der Waals surface area contributed by atoms with Crippen molar-refractivity contribution >= 4 is 130 Å². The van der Waals surface area contributed by atoms with E-state index in [2.05, 4.69) is 19.8 Å². The molecule has 4 aromatic carbocycles. The number of nitrogens with zero attached hydrogens (tertiary/aromatic N) is 8. The minimum atomic E-state index is -0.426. The topological polar surface area (TPSA) is 277 Å². The highest BCUT2D eigenvalue weighted by molar-refractivity contribution is 6.45. The Balaban J connectivity index is 0.000000178. The molecule has 0 aliphatic carbocycles. The maximum Gasteiger partial charge on any atom is 0.376 e. The summed E-state index contributed by atoms with van der Waals surface area (Å²) in [5, 5.41) is 22.0. The Morgan fingerprint density at radius 2 is 0.605 bits per heavy atom. The molecule has 8 heterocycles. The quantitative estimate of drug-likeness (QED) is 0.0239. The van der Waals surface area contributed by atoms with E-state index in [0.29, 0.717) is 57.9 Å². The molecule has 6 saturated heterocycles. The fourth-order valence-electron chi connectivity index (χ4n) is 15.9. The Hall–Kier alpha value is -8.39. The minimum absolute atomic E-state index is 0.0756. The van der Waals surface area contributed by atoms with Crippen molar-refractivity contribution in [3.63, 3.8) is 0 Å². The number of halogens is 4. The second kappa shape index (κ2) is 45.2. The number of carbonyl (C=O) groups is 6. The summed E-state index contributed by atoms with van der Waals surface area (Å²) >= 11 is 24.0. The number of piperidine rings is 6. The van der Waals surface area contributed by atoms with Crippen LogP contribution >= 0.6 is 46.4 Å². The molecule has 0 unspecified atom stereocenters. The van der Waals surface area contributed by atoms with Crippen LogP contribution in [-0.4, -0.2) is 206 Å². The van der Waals surface area contributed by atoms with Gasteiger partial charge < -0.3 is 59.9 Å². The standard InChI is InChI=1S/2C27H33ClN4O3.2C16H21BClNO3/c2*1-35-26(33)17-24(20-2-4-23(28)5-3-20)21-9-14-32(15-10-21)27(34)22-7-12-31(13-8-22)18-19-6-11-30-25(29)16-19;2*1-17(21)19-9-7-13(8-10-19)15(11-16(20)22-2)12-3-5-14(18)6-4-12/h2*2-6,11,16-17,21-22H,7-10,12-15,18H2,1H3,(H2,29,30);2*3-6,11,13,21H,7-10H2,1-2H3/b24-17+;24-17-;15-11+;15-11-. The van der Waals surface area contributed by atoms with Crippen LogP contribution in [0.5, 0.6) is 0 Å². The number of aromatic nitrogens is 2. The lowest BCUT2D eigenvalue weighted by Crippen LogP contribution is -2.45. The van der Waals surface area contributed by atoms with Gasteiger partial charge in [-0.25, -0.2) is 29.1 Å². The van der Waals surface area contributed by atoms with E-state index in [1.54, 1.807) is 50.3 Å². The van der Waals surface area contributed by atoms with Crippen molar-refractivity contribution in [1.82, 2.24) is 39.2 Å². The van der Waals surface area contributed by atoms with Crippen molar-refractivity contribution in [3.8, 4) is 0 Å². The highest BCUT2D eigenvalue weighted by atomic mass is 35.5. The molecule has 0 radical (unpaired) electrons. The number of hydrogen-bond acceptors (Lipinski definition) is 20. The van der Waals surface area contributed by atoms with Crippen LogP contribution in [0.2, 0.25) is 33.7 Å². The van der Waals surface area contributed by atoms with Crippen LogP contribution in [0.4, 0.5) is 11.6 Å². The van der Waals surface area contributed by atoms with Gasteiger partial charge in [-0.15, -0.1) is 0 Å². The molecule has 0 atom stereocenters. The molecule has 114 heavy (non-hydrogen) atoms. The van der Waals surface area contributed by atoms with E-state index in [1.807, 2.05) is 141 Å². The third-order valence-electron chi connectivity index (χ3n) is 22.5. The van der Waals surface area contributed by atoms with Crippen LogP contribution in [0, 0.1) is 35.5 Å². The second-order valence-electron chi connectivity index (χ2n) is 29.9. The van der Waals surface area contributed by atoms with Crippen LogP contribution < -0.4 is 11.5 Å². The van der Waals surface area contributed by atoms with E-state index < -0.39 is 14.1 Å². The second-order valence-corrected chi connectivity index (χ2v) is 31.6. The third-order valence-corrected chi connectivity index (χ3v) is 23.5. The number of ether oxygens (including phenoxy) is 4. The molecule has 608 valence electrons. The van der Waals surface area contributed by atoms with Crippen LogP contribution in [0.15, 0.2) is 158 Å². The summed E-state index contributed by atoms with van der Waals surface area (Å²) in [6, 6.07) is 37.9. The van der Waals surface area contributed by atoms with Crippen molar-refractivity contribution in [2.45, 2.75) is 104 Å². The molecule has 0 spiro atoms. The number of nitrogens with two attached hydrogens (primary N) is 2. The van der Waals surface area contributed by atoms with Crippen molar-refractivity contribution in [2.24, 2.45) is 35.5 Å². The SMILES string of the molecule is COC(=O)/C=C(/c1ccc(Cl)cc1)C1CCN(B(C)O)CC1.COC(=O)/C=C(/c1ccc(Cl)cc1)C1CCN(C(=O)C2CCN(Cc3ccnc(N)c3)CC2)CC1.COC(=O)/C=C(\c1ccc(Cl)cc1)C1CCN(B(C)O)CC1.COC(=O)/C=C(\c1ccc(Cl)cc1)C1CCN(C(=O)C2CCN(Cc3ccnc(N)c3)CC2)CC1. The number of likely N-dealkylation sites (tertiary alicyclic amines) is 4. The van der Waals surface area contributed by atoms with Gasteiger partial charge in [0.15, 0.2) is 0 Å². The lowest BCUT2D eigenvalue weighted by Gasteiger charge is -2.38. The molecular formula is C86H108B2Cl4N10O12. The zero-order chi connectivity index (χ0) is 81.8. The van der Waals surface area contributed by atoms with Crippen LogP contribution in [0.3, 0.4) is 0 Å².